The van der Waals surface area contributed by atoms with Crippen LogP contribution in [0.3, 0.4) is 0 Å². The lowest BCUT2D eigenvalue weighted by Crippen LogP contribution is -2.28. The van der Waals surface area contributed by atoms with E-state index in [2.05, 4.69) is 6.92 Å². The maximum atomic E-state index is 15.5. The van der Waals surface area contributed by atoms with Crippen molar-refractivity contribution in [3.05, 3.63) is 52.4 Å². The summed E-state index contributed by atoms with van der Waals surface area (Å²) >= 11 is 0. The molecule has 1 nitrogen and oxygen atoms in total. The minimum absolute atomic E-state index is 0.180. The maximum absolute atomic E-state index is 15.5. The van der Waals surface area contributed by atoms with Crippen LogP contribution in [0, 0.1) is 17.7 Å². The van der Waals surface area contributed by atoms with Gasteiger partial charge >= 0.3 is 0 Å². The second-order valence-corrected chi connectivity index (χ2v) is 10.4. The van der Waals surface area contributed by atoms with Gasteiger partial charge in [-0.15, -0.1) is 0 Å². The Balaban J connectivity index is 1.72. The third-order valence-corrected chi connectivity index (χ3v) is 7.75. The van der Waals surface area contributed by atoms with E-state index in [-0.39, 0.29) is 5.56 Å². The molecule has 0 spiro atoms. The van der Waals surface area contributed by atoms with Crippen molar-refractivity contribution in [3.8, 4) is 0 Å². The molecule has 35 heavy (non-hydrogen) atoms. The summed E-state index contributed by atoms with van der Waals surface area (Å²) in [4.78, 5) is 0. The summed E-state index contributed by atoms with van der Waals surface area (Å²) in [7, 11) is 0. The van der Waals surface area contributed by atoms with E-state index >= 15 is 8.78 Å². The summed E-state index contributed by atoms with van der Waals surface area (Å²) in [6, 6.07) is 3.43. The van der Waals surface area contributed by atoms with Gasteiger partial charge in [0.15, 0.2) is 6.17 Å². The van der Waals surface area contributed by atoms with Gasteiger partial charge in [-0.3, -0.25) is 0 Å². The molecule has 1 saturated heterocycles. The predicted molar refractivity (Wildman–Crippen MR) is 136 cm³/mol. The van der Waals surface area contributed by atoms with Crippen molar-refractivity contribution in [2.75, 3.05) is 13.3 Å². The molecule has 2 aliphatic rings. The number of hydrogen-bond acceptors (Lipinski definition) is 1. The van der Waals surface area contributed by atoms with Gasteiger partial charge < -0.3 is 4.74 Å². The van der Waals surface area contributed by atoms with E-state index in [1.165, 1.54) is 19.3 Å². The zero-order chi connectivity index (χ0) is 25.4. The topological polar surface area (TPSA) is 9.23 Å². The molecule has 0 aromatic heterocycles. The molecule has 1 aromatic carbocycles. The van der Waals surface area contributed by atoms with Crippen LogP contribution < -0.4 is 0 Å². The number of halogens is 4. The summed E-state index contributed by atoms with van der Waals surface area (Å²) in [5.41, 5.74) is 1.79. The molecule has 3 rings (SSSR count). The molecule has 1 aromatic rings. The van der Waals surface area contributed by atoms with Crippen molar-refractivity contribution in [3.63, 3.8) is 0 Å². The van der Waals surface area contributed by atoms with Crippen molar-refractivity contribution < 1.29 is 22.3 Å². The number of benzene rings is 1. The van der Waals surface area contributed by atoms with Crippen molar-refractivity contribution in [2.45, 2.75) is 103 Å². The molecule has 1 heterocycles. The Labute approximate surface area is 209 Å². The lowest BCUT2D eigenvalue weighted by atomic mass is 9.76. The van der Waals surface area contributed by atoms with Crippen LogP contribution in [0.4, 0.5) is 17.6 Å². The molecular weight excluding hydrogens is 452 g/mol. The molecule has 196 valence electrons. The fraction of sp³-hybridized carbons (Fsp3) is 0.667. The third-order valence-electron chi connectivity index (χ3n) is 7.75. The van der Waals surface area contributed by atoms with E-state index in [0.717, 1.165) is 32.1 Å². The van der Waals surface area contributed by atoms with Crippen molar-refractivity contribution in [2.24, 2.45) is 11.8 Å². The standard InChI is InChI=1S/C30H42F4O/c1-4-6-7-9-24-15-11-22(19-35-24)10-13-23-14-17-26-25(16-12-21(18-31)8-5-2)20(3)28(32)30(34)27(26)29(23)33/h12,14,16-17,20,22,24,28,30H,4-11,13,15,18-19H2,1-3H3/b21-12-,25-16+. The minimum Gasteiger partial charge on any atom is -0.378 e. The number of ether oxygens (including phenoxy) is 1. The molecule has 5 unspecified atom stereocenters. The van der Waals surface area contributed by atoms with Crippen LogP contribution in [0.2, 0.25) is 0 Å². The highest BCUT2D eigenvalue weighted by Gasteiger charge is 2.40. The van der Waals surface area contributed by atoms with E-state index in [1.54, 1.807) is 31.2 Å². The zero-order valence-corrected chi connectivity index (χ0v) is 21.6. The molecule has 1 aliphatic heterocycles. The van der Waals surface area contributed by atoms with Gasteiger partial charge in [-0.25, -0.2) is 17.6 Å². The molecular formula is C30H42F4O. The van der Waals surface area contributed by atoms with Crippen LogP contribution in [-0.2, 0) is 11.2 Å². The highest BCUT2D eigenvalue weighted by Crippen LogP contribution is 2.46. The number of allylic oxidation sites excluding steroid dienone is 4. The third kappa shape index (κ3) is 6.99. The molecule has 1 fully saturated rings. The first-order valence-corrected chi connectivity index (χ1v) is 13.6. The highest BCUT2D eigenvalue weighted by molar-refractivity contribution is 5.74. The van der Waals surface area contributed by atoms with Crippen LogP contribution in [0.5, 0.6) is 0 Å². The number of aryl methyl sites for hydroxylation is 1. The van der Waals surface area contributed by atoms with E-state index in [4.69, 9.17) is 4.74 Å². The zero-order valence-electron chi connectivity index (χ0n) is 21.6. The highest BCUT2D eigenvalue weighted by atomic mass is 19.2. The molecule has 0 amide bonds. The average molecular weight is 495 g/mol. The Bertz CT molecular complexity index is 869. The summed E-state index contributed by atoms with van der Waals surface area (Å²) in [5.74, 6) is -1.000. The largest absolute Gasteiger partial charge is 0.378 e. The van der Waals surface area contributed by atoms with Crippen molar-refractivity contribution in [1.82, 2.24) is 0 Å². The van der Waals surface area contributed by atoms with Gasteiger partial charge in [0.25, 0.3) is 0 Å². The fourth-order valence-corrected chi connectivity index (χ4v) is 5.44. The summed E-state index contributed by atoms with van der Waals surface area (Å²) in [5, 5.41) is 0. The molecule has 5 atom stereocenters. The van der Waals surface area contributed by atoms with E-state index in [1.807, 2.05) is 6.92 Å². The van der Waals surface area contributed by atoms with E-state index < -0.39 is 30.8 Å². The van der Waals surface area contributed by atoms with E-state index in [0.29, 0.717) is 53.7 Å². The lowest BCUT2D eigenvalue weighted by molar-refractivity contribution is -0.0226. The van der Waals surface area contributed by atoms with Crippen LogP contribution in [-0.4, -0.2) is 25.6 Å². The van der Waals surface area contributed by atoms with Gasteiger partial charge in [-0.2, -0.15) is 0 Å². The van der Waals surface area contributed by atoms with Gasteiger partial charge in [-0.1, -0.05) is 70.7 Å². The Hall–Kier alpha value is -1.62. The molecule has 0 radical (unpaired) electrons. The molecule has 1 aliphatic carbocycles. The number of unbranched alkanes of at least 4 members (excludes halogenated alkanes) is 2. The second kappa shape index (κ2) is 13.6. The number of fused-ring (bicyclic) bond motifs is 1. The van der Waals surface area contributed by atoms with Crippen LogP contribution in [0.25, 0.3) is 5.57 Å². The van der Waals surface area contributed by atoms with Crippen LogP contribution in [0.1, 0.15) is 101 Å². The first-order valence-electron chi connectivity index (χ1n) is 13.6. The second-order valence-electron chi connectivity index (χ2n) is 10.4. The molecule has 0 N–H and O–H groups in total. The SMILES string of the molecule is CCCCCC1CCC(CCc2ccc3c(c2F)C(F)C(F)C(C)/C3=C\C=C(/CF)CCC)CO1. The van der Waals surface area contributed by atoms with Crippen molar-refractivity contribution in [1.29, 1.82) is 0 Å². The number of rotatable bonds is 11. The minimum atomic E-state index is -2.00. The average Bonchev–Trinajstić information content (AvgIpc) is 2.87. The molecule has 0 saturated carbocycles. The summed E-state index contributed by atoms with van der Waals surface area (Å²) < 4.78 is 64.8. The number of hydrogen-bond donors (Lipinski definition) is 0. The first-order chi connectivity index (χ1) is 16.9. The van der Waals surface area contributed by atoms with E-state index in [9.17, 15) is 8.78 Å². The normalized spacial score (nSPS) is 28.4. The summed E-state index contributed by atoms with van der Waals surface area (Å²) in [6.45, 7) is 5.87. The Morgan fingerprint density at radius 2 is 1.89 bits per heavy atom. The smallest absolute Gasteiger partial charge is 0.160 e. The Kier molecular flexibility index (Phi) is 10.9. The van der Waals surface area contributed by atoms with Gasteiger partial charge in [0, 0.05) is 18.1 Å². The lowest BCUT2D eigenvalue weighted by Gasteiger charge is -2.32. The van der Waals surface area contributed by atoms with Crippen molar-refractivity contribution >= 4 is 5.57 Å². The van der Waals surface area contributed by atoms with Gasteiger partial charge in [0.1, 0.15) is 18.7 Å². The monoisotopic (exact) mass is 494 g/mol. The number of alkyl halides is 3. The Morgan fingerprint density at radius 1 is 1.09 bits per heavy atom. The van der Waals surface area contributed by atoms with Crippen LogP contribution >= 0.6 is 0 Å². The first kappa shape index (κ1) is 28.0. The van der Waals surface area contributed by atoms with Gasteiger partial charge in [0.2, 0.25) is 0 Å². The van der Waals surface area contributed by atoms with Crippen LogP contribution in [0.15, 0.2) is 29.9 Å². The van der Waals surface area contributed by atoms with Gasteiger partial charge in [0.05, 0.1) is 6.10 Å². The maximum Gasteiger partial charge on any atom is 0.160 e. The quantitative estimate of drug-likeness (QED) is 0.220. The predicted octanol–water partition coefficient (Wildman–Crippen LogP) is 9.21. The molecule has 5 heteroatoms. The molecule has 0 bridgehead atoms. The summed E-state index contributed by atoms with van der Waals surface area (Å²) in [6.07, 6.45) is 9.30. The van der Waals surface area contributed by atoms with Gasteiger partial charge in [-0.05, 0) is 66.7 Å². The Morgan fingerprint density at radius 3 is 2.54 bits per heavy atom. The fourth-order valence-electron chi connectivity index (χ4n) is 5.44.